The van der Waals surface area contributed by atoms with Crippen molar-refractivity contribution in [1.82, 2.24) is 15.0 Å². The zero-order valence-electron chi connectivity index (χ0n) is 50.9. The predicted molar refractivity (Wildman–Crippen MR) is 325 cm³/mol. The highest BCUT2D eigenvalue weighted by Crippen LogP contribution is 2.64. The fourth-order valence-electron chi connectivity index (χ4n) is 15.3. The number of nitrogens with one attached hydrogen (secondary N) is 3. The first kappa shape index (κ1) is 65.0. The van der Waals surface area contributed by atoms with Crippen LogP contribution in [0.3, 0.4) is 0 Å². The molecule has 498 valence electrons. The van der Waals surface area contributed by atoms with Crippen LogP contribution in [-0.4, -0.2) is 40.2 Å². The van der Waals surface area contributed by atoms with Gasteiger partial charge in [0.25, 0.3) is 0 Å². The first-order valence-corrected chi connectivity index (χ1v) is 32.0. The van der Waals surface area contributed by atoms with Crippen molar-refractivity contribution in [3.8, 4) is 0 Å². The van der Waals surface area contributed by atoms with Crippen molar-refractivity contribution in [3.05, 3.63) is 303 Å². The van der Waals surface area contributed by atoms with Gasteiger partial charge in [0.15, 0.2) is 93.1 Å². The van der Waals surface area contributed by atoms with Crippen LogP contribution in [0.2, 0.25) is 16.6 Å². The molecule has 0 amide bonds. The second-order valence-electron chi connectivity index (χ2n) is 24.6. The maximum absolute atomic E-state index is 16.9. The number of aliphatic imine (C=N–C) groups is 3. The molecule has 5 aliphatic heterocycles. The molecule has 0 radical (unpaired) electrons. The normalized spacial score (nSPS) is 18.7. The number of aromatic nitrogens is 3. The van der Waals surface area contributed by atoms with Crippen LogP contribution in [-0.2, 0) is 5.41 Å². The molecule has 6 aliphatic rings. The molecule has 3 N–H and O–H groups in total. The van der Waals surface area contributed by atoms with Crippen LogP contribution < -0.4 is 10.7 Å². The van der Waals surface area contributed by atoms with Gasteiger partial charge in [-0.15, -0.1) is 0 Å². The summed E-state index contributed by atoms with van der Waals surface area (Å²) in [6, 6.07) is 12.8. The molecular weight excluding hydrogens is 1340 g/mol. The van der Waals surface area contributed by atoms with Gasteiger partial charge in [-0.1, -0.05) is 65.8 Å². The lowest BCUT2D eigenvalue weighted by Crippen LogP contribution is -2.55. The van der Waals surface area contributed by atoms with Gasteiger partial charge in [0.1, 0.15) is 0 Å². The van der Waals surface area contributed by atoms with Crippen LogP contribution >= 0.6 is 0 Å². The fourth-order valence-corrected chi connectivity index (χ4v) is 22.7. The highest BCUT2D eigenvalue weighted by atomic mass is 28.3. The Bertz CT molecular complexity index is 5370. The molecule has 1 aliphatic carbocycles. The zero-order valence-corrected chi connectivity index (χ0v) is 51.9. The van der Waals surface area contributed by atoms with E-state index in [-0.39, 0.29) is 44.7 Å². The van der Waals surface area contributed by atoms with Gasteiger partial charge in [0.2, 0.25) is 23.3 Å². The summed E-state index contributed by atoms with van der Waals surface area (Å²) in [5.41, 5.74) is -19.8. The minimum absolute atomic E-state index is 0.102. The molecule has 1 atom stereocenters. The number of hydrogen-bond donors (Lipinski definition) is 3. The van der Waals surface area contributed by atoms with Crippen LogP contribution in [0.1, 0.15) is 97.7 Å². The third kappa shape index (κ3) is 8.64. The minimum Gasteiger partial charge on any atom is -0.357 e. The minimum atomic E-state index is -3.94. The zero-order chi connectivity index (χ0) is 70.3. The Morgan fingerprint density at radius 2 is 0.653 bits per heavy atom. The van der Waals surface area contributed by atoms with Crippen molar-refractivity contribution in [1.29, 1.82) is 0 Å². The molecule has 27 heteroatoms. The Morgan fingerprint density at radius 1 is 0.316 bits per heavy atom. The molecule has 5 aromatic carbocycles. The quantitative estimate of drug-likeness (QED) is 0.0586. The van der Waals surface area contributed by atoms with E-state index in [1.807, 2.05) is 41.5 Å². The maximum Gasteiger partial charge on any atom is 0.200 e. The molecule has 0 unspecified atom stereocenters. The van der Waals surface area contributed by atoms with Gasteiger partial charge in [0, 0.05) is 61.3 Å². The highest BCUT2D eigenvalue weighted by molar-refractivity contribution is 6.92. The van der Waals surface area contributed by atoms with E-state index in [0.717, 1.165) is 48.6 Å². The van der Waals surface area contributed by atoms with Gasteiger partial charge in [-0.25, -0.2) is 97.8 Å². The molecule has 6 nitrogen and oxygen atoms in total. The smallest absolute Gasteiger partial charge is 0.200 e. The summed E-state index contributed by atoms with van der Waals surface area (Å²) in [6.45, 7) is 11.2. The number of rotatable bonds is 8. The monoisotopic (exact) mass is 1380 g/mol. The lowest BCUT2D eigenvalue weighted by Gasteiger charge is -2.51. The Labute approximate surface area is 540 Å². The van der Waals surface area contributed by atoms with Crippen LogP contribution in [0.5, 0.6) is 0 Å². The third-order valence-electron chi connectivity index (χ3n) is 19.0. The van der Waals surface area contributed by atoms with Crippen LogP contribution in [0.15, 0.2) is 134 Å². The Hall–Kier alpha value is -10.3. The van der Waals surface area contributed by atoms with Crippen molar-refractivity contribution in [2.24, 2.45) is 15.0 Å². The molecule has 0 saturated heterocycles. The number of H-pyrrole nitrogens is 3. The van der Waals surface area contributed by atoms with E-state index in [2.05, 4.69) is 19.9 Å². The molecule has 98 heavy (non-hydrogen) atoms. The first-order chi connectivity index (χ1) is 46.4. The predicted octanol–water partition coefficient (Wildman–Crippen LogP) is 17.8. The van der Waals surface area contributed by atoms with E-state index in [9.17, 15) is 0 Å². The van der Waals surface area contributed by atoms with Crippen molar-refractivity contribution in [3.63, 3.8) is 0 Å². The van der Waals surface area contributed by atoms with E-state index in [1.165, 1.54) is 24.3 Å². The average Bonchev–Trinajstić information content (AvgIpc) is 1.51. The SMILES string of the molecule is CC(C)[Si](C1=C2C3=c4ccc([nH]4)=C(c4c(F)c(F)c(F)c(F)c4F)C4=N/C(=C(/c5c(F)c(F)c(F)c(F)c5F)c5ccc([nH]5)[C@@]1(C1=N/C(=C(/c5c(F)c(F)c(F)c(F)c5F)c5ccc([nH]5)C(c5c(F)c(F)c(F)c(F)c5F)=C5C=CC3=N5)C=C1)c1ccccc12)C=C4)(C(C)C)C(C)C. The summed E-state index contributed by atoms with van der Waals surface area (Å²) >= 11 is 0. The summed E-state index contributed by atoms with van der Waals surface area (Å²) in [5.74, 6) is -50.1. The van der Waals surface area contributed by atoms with Gasteiger partial charge < -0.3 is 15.0 Å². The van der Waals surface area contributed by atoms with Crippen LogP contribution in [0.25, 0.3) is 33.4 Å². The molecule has 0 saturated carbocycles. The van der Waals surface area contributed by atoms with Crippen LogP contribution in [0, 0.1) is 116 Å². The molecular formula is C71H40F20N6Si. The number of nitrogens with zero attached hydrogens (tertiary/aromatic N) is 3. The molecule has 8 aromatic rings. The molecule has 14 rings (SSSR count). The molecule has 15 bridgehead atoms. The lowest BCUT2D eigenvalue weighted by molar-refractivity contribution is 0.376. The molecule has 3 aromatic heterocycles. The second kappa shape index (κ2) is 22.6. The average molecular weight is 1390 g/mol. The van der Waals surface area contributed by atoms with E-state index in [0.29, 0.717) is 5.20 Å². The molecule has 8 heterocycles. The first-order valence-electron chi connectivity index (χ1n) is 29.7. The van der Waals surface area contributed by atoms with Crippen molar-refractivity contribution >= 4 is 58.6 Å². The summed E-state index contributed by atoms with van der Waals surface area (Å²) in [4.78, 5) is 23.2. The van der Waals surface area contributed by atoms with Gasteiger partial charge in [-0.3, -0.25) is 4.99 Å². The summed E-state index contributed by atoms with van der Waals surface area (Å²) in [6.07, 6.45) is 6.35. The number of allylic oxidation sites excluding steroid dienone is 8. The molecule has 0 fully saturated rings. The Morgan fingerprint density at radius 3 is 1.07 bits per heavy atom. The Balaban J connectivity index is 1.31. The maximum atomic E-state index is 16.9. The van der Waals surface area contributed by atoms with Gasteiger partial charge >= 0.3 is 0 Å². The van der Waals surface area contributed by atoms with Crippen LogP contribution in [0.4, 0.5) is 87.8 Å². The topological polar surface area (TPSA) is 84.5 Å². The number of aromatic amines is 3. The van der Waals surface area contributed by atoms with E-state index in [1.54, 1.807) is 24.3 Å². The largest absolute Gasteiger partial charge is 0.357 e. The van der Waals surface area contributed by atoms with Crippen molar-refractivity contribution in [2.75, 3.05) is 0 Å². The van der Waals surface area contributed by atoms with E-state index in [4.69, 9.17) is 9.98 Å². The third-order valence-corrected chi connectivity index (χ3v) is 26.2. The fraction of sp³-hybridized carbons (Fsp3) is 0.141. The van der Waals surface area contributed by atoms with Gasteiger partial charge in [0.05, 0.1) is 70.0 Å². The summed E-state index contributed by atoms with van der Waals surface area (Å²) in [7, 11) is -3.94. The highest BCUT2D eigenvalue weighted by Gasteiger charge is 2.62. The van der Waals surface area contributed by atoms with Crippen molar-refractivity contribution in [2.45, 2.75) is 63.6 Å². The number of hydrogen-bond acceptors (Lipinski definition) is 3. The number of halogens is 20. The number of benzene rings is 5. The van der Waals surface area contributed by atoms with Gasteiger partial charge in [-0.2, -0.15) is 0 Å². The van der Waals surface area contributed by atoms with E-state index < -0.39 is 236 Å². The summed E-state index contributed by atoms with van der Waals surface area (Å²) < 4.78 is 322. The Kier molecular flexibility index (Phi) is 15.0. The second-order valence-corrected chi connectivity index (χ2v) is 30.4. The van der Waals surface area contributed by atoms with Gasteiger partial charge in [-0.05, 0) is 111 Å². The number of fused-ring (bicyclic) bond motifs is 11. The summed E-state index contributed by atoms with van der Waals surface area (Å²) in [5, 5.41) is -0.487. The van der Waals surface area contributed by atoms with Crippen molar-refractivity contribution < 1.29 is 87.8 Å². The molecule has 0 spiro atoms. The van der Waals surface area contributed by atoms with E-state index >= 15 is 87.8 Å². The lowest BCUT2D eigenvalue weighted by atomic mass is 9.75. The standard InChI is InChI=1S/C71H40F20N6Si/c1-23(2)98(24(3)4,25(5)6)70-40-26-9-7-8-10-27(26)71(70)38-21-19-36(96-38)44(48-54(76)62(84)68(90)63(85)55(48)77)34-17-15-32(94-34)42(46-50(72)58(80)66(88)59(81)51(46)73)30-13-11-28(92-30)41(40)29-12-14-31(93-29)43(47-52(74)60(82)67(89)61(83)53(47)75)33-16-18-35(95-33)45(37-20-22-39(71)97-37)49-56(78)64(86)69(91)65(87)57(49)79/h7-25,92,95-96H,1-6H3/b41-28?,42-30?,43-31?,44-34+,45-37+/t71-/m1/s1.